The minimum Gasteiger partial charge on any atom is -0.463 e. The molecule has 0 aliphatic rings. The second-order valence-corrected chi connectivity index (χ2v) is 6.06. The summed E-state index contributed by atoms with van der Waals surface area (Å²) < 4.78 is 22.9. The fraction of sp³-hybridized carbons (Fsp3) is 0.217. The molecule has 5 nitrogen and oxygen atoms in total. The predicted octanol–water partition coefficient (Wildman–Crippen LogP) is 4.06. The normalized spacial score (nSPS) is 12.3. The number of aliphatic hydroxyl groups is 1. The monoisotopic (exact) mass is 398 g/mol. The van der Waals surface area contributed by atoms with E-state index >= 15 is 0 Å². The van der Waals surface area contributed by atoms with Gasteiger partial charge in [-0.1, -0.05) is 12.1 Å². The van der Waals surface area contributed by atoms with Crippen molar-refractivity contribution in [1.82, 2.24) is 0 Å². The van der Waals surface area contributed by atoms with E-state index in [4.69, 9.17) is 9.47 Å². The summed E-state index contributed by atoms with van der Waals surface area (Å²) in [6, 6.07) is 10.7. The number of rotatable bonds is 8. The summed E-state index contributed by atoms with van der Waals surface area (Å²) in [6.07, 6.45) is 4.67. The van der Waals surface area contributed by atoms with Gasteiger partial charge in [0.2, 0.25) is 0 Å². The zero-order valence-electron chi connectivity index (χ0n) is 16.3. The molecule has 1 N–H and O–H groups in total. The Bertz CT molecular complexity index is 854. The molecule has 152 valence electrons. The van der Waals surface area contributed by atoms with E-state index < -0.39 is 23.9 Å². The van der Waals surface area contributed by atoms with Crippen LogP contribution < -0.4 is 0 Å². The van der Waals surface area contributed by atoms with Gasteiger partial charge in [0, 0.05) is 12.2 Å². The van der Waals surface area contributed by atoms with E-state index in [9.17, 15) is 19.1 Å². The average Bonchev–Trinajstić information content (AvgIpc) is 2.71. The quantitative estimate of drug-likeness (QED) is 0.536. The van der Waals surface area contributed by atoms with Crippen LogP contribution in [-0.2, 0) is 19.1 Å². The number of aliphatic hydroxyl groups excluding tert-OH is 1. The summed E-state index contributed by atoms with van der Waals surface area (Å²) in [4.78, 5) is 23.2. The number of benzene rings is 2. The first-order valence-electron chi connectivity index (χ1n) is 9.21. The van der Waals surface area contributed by atoms with Crippen LogP contribution in [0.2, 0.25) is 0 Å². The lowest BCUT2D eigenvalue weighted by Gasteiger charge is -2.13. The first-order valence-corrected chi connectivity index (χ1v) is 9.21. The highest BCUT2D eigenvalue weighted by molar-refractivity contribution is 5.88. The Labute approximate surface area is 169 Å². The molecule has 0 saturated heterocycles. The summed E-state index contributed by atoms with van der Waals surface area (Å²) in [7, 11) is 0. The van der Waals surface area contributed by atoms with Gasteiger partial charge in [0.05, 0.1) is 13.2 Å². The molecule has 0 aliphatic carbocycles. The predicted molar refractivity (Wildman–Crippen MR) is 108 cm³/mol. The maximum Gasteiger partial charge on any atom is 0.330 e. The third kappa shape index (κ3) is 7.01. The Hall–Kier alpha value is -3.25. The van der Waals surface area contributed by atoms with E-state index in [1.54, 1.807) is 44.2 Å². The topological polar surface area (TPSA) is 72.8 Å². The fourth-order valence-corrected chi connectivity index (χ4v) is 2.60. The lowest BCUT2D eigenvalue weighted by atomic mass is 9.97. The molecule has 1 unspecified atom stereocenters. The third-order valence-corrected chi connectivity index (χ3v) is 3.90. The van der Waals surface area contributed by atoms with Gasteiger partial charge in [-0.3, -0.25) is 0 Å². The van der Waals surface area contributed by atoms with Gasteiger partial charge in [0.15, 0.2) is 0 Å². The van der Waals surface area contributed by atoms with Gasteiger partial charge in [-0.15, -0.1) is 0 Å². The Morgan fingerprint density at radius 3 is 1.83 bits per heavy atom. The highest BCUT2D eigenvalue weighted by atomic mass is 19.1. The smallest absolute Gasteiger partial charge is 0.330 e. The van der Waals surface area contributed by atoms with Crippen LogP contribution in [0.25, 0.3) is 12.2 Å². The van der Waals surface area contributed by atoms with Gasteiger partial charge in [-0.25, -0.2) is 14.0 Å². The Morgan fingerprint density at radius 2 is 1.38 bits per heavy atom. The zero-order valence-corrected chi connectivity index (χ0v) is 16.3. The Morgan fingerprint density at radius 1 is 0.897 bits per heavy atom. The Kier molecular flexibility index (Phi) is 8.30. The number of esters is 2. The van der Waals surface area contributed by atoms with Gasteiger partial charge < -0.3 is 14.6 Å². The number of halogens is 1. The molecular formula is C23H23FO5. The van der Waals surface area contributed by atoms with Crippen molar-refractivity contribution in [3.05, 3.63) is 82.7 Å². The number of ether oxygens (including phenoxy) is 2. The lowest BCUT2D eigenvalue weighted by molar-refractivity contribution is -0.138. The van der Waals surface area contributed by atoms with E-state index in [0.29, 0.717) is 22.3 Å². The van der Waals surface area contributed by atoms with Crippen LogP contribution in [0.4, 0.5) is 4.39 Å². The fourth-order valence-electron chi connectivity index (χ4n) is 2.60. The highest BCUT2D eigenvalue weighted by Gasteiger charge is 2.12. The first kappa shape index (κ1) is 22.0. The van der Waals surface area contributed by atoms with E-state index in [-0.39, 0.29) is 13.2 Å². The number of hydrogen-bond donors (Lipinski definition) is 1. The number of carbonyl (C=O) groups is 2. The standard InChI is InChI=1S/C23H23FO5/c1-3-28-21(25)11-5-16-13-17(6-12-22(26)29-4-2)15-19(14-16)23(27)18-7-9-20(24)10-8-18/h5-15,23,27H,3-4H2,1-2H3. The number of hydrogen-bond acceptors (Lipinski definition) is 5. The SMILES string of the molecule is CCOC(=O)C=Cc1cc(C=CC(=O)OCC)cc(C(O)c2ccc(F)cc2)c1. The third-order valence-electron chi connectivity index (χ3n) is 3.90. The number of carbonyl (C=O) groups excluding carboxylic acids is 2. The van der Waals surface area contributed by atoms with E-state index in [1.807, 2.05) is 0 Å². The van der Waals surface area contributed by atoms with Crippen molar-refractivity contribution in [3.8, 4) is 0 Å². The summed E-state index contributed by atoms with van der Waals surface area (Å²) in [6.45, 7) is 3.95. The summed E-state index contributed by atoms with van der Waals surface area (Å²) in [5.74, 6) is -1.37. The molecule has 1 atom stereocenters. The van der Waals surface area contributed by atoms with Gasteiger partial charge in [0.1, 0.15) is 11.9 Å². The molecular weight excluding hydrogens is 375 g/mol. The second kappa shape index (κ2) is 10.9. The van der Waals surface area contributed by atoms with Crippen molar-refractivity contribution in [2.24, 2.45) is 0 Å². The maximum atomic E-state index is 13.2. The zero-order chi connectivity index (χ0) is 21.2. The molecule has 6 heteroatoms. The van der Waals surface area contributed by atoms with Crippen molar-refractivity contribution in [2.75, 3.05) is 13.2 Å². The van der Waals surface area contributed by atoms with Crippen LogP contribution in [0.15, 0.2) is 54.6 Å². The molecule has 0 aromatic heterocycles. The first-order chi connectivity index (χ1) is 13.9. The van der Waals surface area contributed by atoms with Crippen LogP contribution in [-0.4, -0.2) is 30.3 Å². The van der Waals surface area contributed by atoms with Gasteiger partial charge in [0.25, 0.3) is 0 Å². The highest BCUT2D eigenvalue weighted by Crippen LogP contribution is 2.25. The van der Waals surface area contributed by atoms with Gasteiger partial charge >= 0.3 is 11.9 Å². The van der Waals surface area contributed by atoms with Crippen LogP contribution in [0, 0.1) is 5.82 Å². The molecule has 2 aromatic carbocycles. The minimum atomic E-state index is -1.01. The molecule has 0 fully saturated rings. The van der Waals surface area contributed by atoms with E-state index in [2.05, 4.69) is 0 Å². The molecule has 29 heavy (non-hydrogen) atoms. The van der Waals surface area contributed by atoms with Crippen LogP contribution in [0.5, 0.6) is 0 Å². The van der Waals surface area contributed by atoms with Crippen molar-refractivity contribution >= 4 is 24.1 Å². The Balaban J connectivity index is 2.38. The summed E-state index contributed by atoms with van der Waals surface area (Å²) >= 11 is 0. The average molecular weight is 398 g/mol. The molecule has 2 rings (SSSR count). The second-order valence-electron chi connectivity index (χ2n) is 6.06. The molecule has 0 bridgehead atoms. The van der Waals surface area contributed by atoms with Crippen LogP contribution >= 0.6 is 0 Å². The summed E-state index contributed by atoms with van der Waals surface area (Å²) in [5, 5.41) is 10.7. The molecule has 0 heterocycles. The molecule has 0 saturated carbocycles. The summed E-state index contributed by atoms with van der Waals surface area (Å²) in [5.41, 5.74) is 2.28. The molecule has 0 aliphatic heterocycles. The molecule has 2 aromatic rings. The lowest BCUT2D eigenvalue weighted by Crippen LogP contribution is -2.02. The van der Waals surface area contributed by atoms with Crippen molar-refractivity contribution < 1.29 is 28.6 Å². The van der Waals surface area contributed by atoms with E-state index in [1.165, 1.54) is 36.4 Å². The van der Waals surface area contributed by atoms with Crippen LogP contribution in [0.1, 0.15) is 42.2 Å². The largest absolute Gasteiger partial charge is 0.463 e. The molecule has 0 spiro atoms. The maximum absolute atomic E-state index is 13.2. The molecule has 0 radical (unpaired) electrons. The van der Waals surface area contributed by atoms with Crippen molar-refractivity contribution in [3.63, 3.8) is 0 Å². The van der Waals surface area contributed by atoms with E-state index in [0.717, 1.165) is 0 Å². The minimum absolute atomic E-state index is 0.264. The van der Waals surface area contributed by atoms with Gasteiger partial charge in [-0.05, 0) is 78.6 Å². The molecule has 0 amide bonds. The van der Waals surface area contributed by atoms with Crippen molar-refractivity contribution in [1.29, 1.82) is 0 Å². The van der Waals surface area contributed by atoms with Crippen molar-refractivity contribution in [2.45, 2.75) is 20.0 Å². The van der Waals surface area contributed by atoms with Crippen LogP contribution in [0.3, 0.4) is 0 Å². The van der Waals surface area contributed by atoms with Gasteiger partial charge in [-0.2, -0.15) is 0 Å².